The molecule has 1 atom stereocenters. The highest BCUT2D eigenvalue weighted by atomic mass is 16.5. The normalized spacial score (nSPS) is 16.1. The molecule has 1 aliphatic rings. The minimum absolute atomic E-state index is 0.0512. The summed E-state index contributed by atoms with van der Waals surface area (Å²) in [5.41, 5.74) is 4.08. The number of nitrogens with one attached hydrogen (secondary N) is 2. The molecule has 142 valence electrons. The van der Waals surface area contributed by atoms with Gasteiger partial charge in [0.15, 0.2) is 0 Å². The van der Waals surface area contributed by atoms with Gasteiger partial charge < -0.3 is 15.4 Å². The first-order valence-electron chi connectivity index (χ1n) is 9.24. The van der Waals surface area contributed by atoms with Crippen LogP contribution < -0.4 is 10.6 Å². The first-order valence-corrected chi connectivity index (χ1v) is 9.24. The molecule has 1 aliphatic heterocycles. The van der Waals surface area contributed by atoms with Gasteiger partial charge in [0.25, 0.3) is 5.91 Å². The SMILES string of the molecule is CC(=O)NCc1ccc(-c2ccc(C(=O)NC[C@H]3CCCO3)c(C)n2)cc1. The Kier molecular flexibility index (Phi) is 6.19. The molecule has 0 radical (unpaired) electrons. The Labute approximate surface area is 159 Å². The van der Waals surface area contributed by atoms with Crippen LogP contribution in [0.5, 0.6) is 0 Å². The van der Waals surface area contributed by atoms with Crippen molar-refractivity contribution in [3.63, 3.8) is 0 Å². The molecular formula is C21H25N3O3. The van der Waals surface area contributed by atoms with Gasteiger partial charge in [-0.25, -0.2) is 0 Å². The van der Waals surface area contributed by atoms with Crippen LogP contribution in [0.4, 0.5) is 0 Å². The van der Waals surface area contributed by atoms with E-state index < -0.39 is 0 Å². The monoisotopic (exact) mass is 367 g/mol. The minimum atomic E-state index is -0.118. The van der Waals surface area contributed by atoms with Crippen LogP contribution in [-0.4, -0.2) is 36.1 Å². The number of aryl methyl sites for hydroxylation is 1. The summed E-state index contributed by atoms with van der Waals surface area (Å²) in [7, 11) is 0. The molecule has 6 heteroatoms. The molecule has 27 heavy (non-hydrogen) atoms. The third kappa shape index (κ3) is 5.14. The maximum Gasteiger partial charge on any atom is 0.253 e. The molecule has 2 N–H and O–H groups in total. The van der Waals surface area contributed by atoms with E-state index in [-0.39, 0.29) is 17.9 Å². The summed E-state index contributed by atoms with van der Waals surface area (Å²) in [4.78, 5) is 28.0. The minimum Gasteiger partial charge on any atom is -0.376 e. The smallest absolute Gasteiger partial charge is 0.253 e. The Morgan fingerprint density at radius 1 is 1.15 bits per heavy atom. The van der Waals surface area contributed by atoms with Crippen molar-refractivity contribution in [2.45, 2.75) is 39.3 Å². The van der Waals surface area contributed by atoms with E-state index in [2.05, 4.69) is 15.6 Å². The summed E-state index contributed by atoms with van der Waals surface area (Å²) in [5.74, 6) is -0.169. The van der Waals surface area contributed by atoms with Gasteiger partial charge in [-0.05, 0) is 37.5 Å². The zero-order chi connectivity index (χ0) is 19.2. The van der Waals surface area contributed by atoms with Gasteiger partial charge in [-0.15, -0.1) is 0 Å². The highest BCUT2D eigenvalue weighted by molar-refractivity contribution is 5.95. The third-order valence-electron chi connectivity index (χ3n) is 4.64. The van der Waals surface area contributed by atoms with Gasteiger partial charge in [0.1, 0.15) is 0 Å². The highest BCUT2D eigenvalue weighted by Gasteiger charge is 2.18. The van der Waals surface area contributed by atoms with Crippen LogP contribution in [0.15, 0.2) is 36.4 Å². The Morgan fingerprint density at radius 2 is 1.93 bits per heavy atom. The average Bonchev–Trinajstić information content (AvgIpc) is 3.18. The molecule has 0 spiro atoms. The van der Waals surface area contributed by atoms with Crippen LogP contribution >= 0.6 is 0 Å². The molecule has 0 unspecified atom stereocenters. The van der Waals surface area contributed by atoms with Crippen LogP contribution in [0, 0.1) is 6.92 Å². The van der Waals surface area contributed by atoms with Crippen LogP contribution in [0.2, 0.25) is 0 Å². The summed E-state index contributed by atoms with van der Waals surface area (Å²) in [5, 5.41) is 5.71. The average molecular weight is 367 g/mol. The quantitative estimate of drug-likeness (QED) is 0.822. The van der Waals surface area contributed by atoms with Crippen molar-refractivity contribution >= 4 is 11.8 Å². The van der Waals surface area contributed by atoms with Gasteiger partial charge in [0, 0.05) is 32.2 Å². The van der Waals surface area contributed by atoms with Gasteiger partial charge >= 0.3 is 0 Å². The molecule has 1 aromatic carbocycles. The zero-order valence-electron chi connectivity index (χ0n) is 15.7. The van der Waals surface area contributed by atoms with Crippen molar-refractivity contribution < 1.29 is 14.3 Å². The molecule has 0 saturated carbocycles. The molecule has 0 bridgehead atoms. The molecule has 1 saturated heterocycles. The number of aromatic nitrogens is 1. The summed E-state index contributed by atoms with van der Waals surface area (Å²) >= 11 is 0. The van der Waals surface area contributed by atoms with E-state index in [0.717, 1.165) is 36.3 Å². The molecule has 1 aromatic heterocycles. The van der Waals surface area contributed by atoms with Crippen LogP contribution in [0.3, 0.4) is 0 Å². The number of carbonyl (C=O) groups is 2. The topological polar surface area (TPSA) is 80.3 Å². The van der Waals surface area contributed by atoms with E-state index >= 15 is 0 Å². The maximum atomic E-state index is 12.4. The number of hydrogen-bond acceptors (Lipinski definition) is 4. The first kappa shape index (κ1) is 19.0. The molecule has 6 nitrogen and oxygen atoms in total. The lowest BCUT2D eigenvalue weighted by atomic mass is 10.1. The molecule has 1 fully saturated rings. The van der Waals surface area contributed by atoms with E-state index in [1.807, 2.05) is 43.3 Å². The Bertz CT molecular complexity index is 812. The fourth-order valence-corrected chi connectivity index (χ4v) is 3.09. The number of rotatable bonds is 6. The van der Waals surface area contributed by atoms with E-state index in [1.165, 1.54) is 6.92 Å². The highest BCUT2D eigenvalue weighted by Crippen LogP contribution is 2.20. The number of carbonyl (C=O) groups excluding carboxylic acids is 2. The Balaban J connectivity index is 1.64. The second-order valence-corrected chi connectivity index (χ2v) is 6.78. The number of amides is 2. The number of ether oxygens (including phenoxy) is 1. The predicted octanol–water partition coefficient (Wildman–Crippen LogP) is 2.60. The lowest BCUT2D eigenvalue weighted by Crippen LogP contribution is -2.32. The summed E-state index contributed by atoms with van der Waals surface area (Å²) in [6.45, 7) is 5.16. The molecule has 0 aliphatic carbocycles. The van der Waals surface area contributed by atoms with E-state index in [0.29, 0.717) is 24.3 Å². The van der Waals surface area contributed by atoms with Crippen LogP contribution in [0.25, 0.3) is 11.3 Å². The largest absolute Gasteiger partial charge is 0.376 e. The Hall–Kier alpha value is -2.73. The lowest BCUT2D eigenvalue weighted by molar-refractivity contribution is -0.119. The second kappa shape index (κ2) is 8.77. The van der Waals surface area contributed by atoms with Crippen molar-refractivity contribution in [2.24, 2.45) is 0 Å². The molecular weight excluding hydrogens is 342 g/mol. The standard InChI is InChI=1S/C21H25N3O3/c1-14-19(21(26)23-13-18-4-3-11-27-18)9-10-20(24-14)17-7-5-16(6-8-17)12-22-15(2)25/h5-10,18H,3-4,11-13H2,1-2H3,(H,22,25)(H,23,26)/t18-/m1/s1. The lowest BCUT2D eigenvalue weighted by Gasteiger charge is -2.12. The fraction of sp³-hybridized carbons (Fsp3) is 0.381. The van der Waals surface area contributed by atoms with Crippen molar-refractivity contribution in [3.8, 4) is 11.3 Å². The van der Waals surface area contributed by atoms with Gasteiger partial charge in [-0.1, -0.05) is 24.3 Å². The van der Waals surface area contributed by atoms with E-state index in [9.17, 15) is 9.59 Å². The Morgan fingerprint density at radius 3 is 2.56 bits per heavy atom. The van der Waals surface area contributed by atoms with Crippen LogP contribution in [0.1, 0.15) is 41.4 Å². The van der Waals surface area contributed by atoms with Crippen molar-refractivity contribution in [2.75, 3.05) is 13.2 Å². The first-order chi connectivity index (χ1) is 13.0. The molecule has 2 heterocycles. The number of benzene rings is 1. The van der Waals surface area contributed by atoms with Gasteiger partial charge in [-0.3, -0.25) is 14.6 Å². The molecule has 2 amide bonds. The van der Waals surface area contributed by atoms with Crippen LogP contribution in [-0.2, 0) is 16.1 Å². The van der Waals surface area contributed by atoms with Crippen molar-refractivity contribution in [1.29, 1.82) is 0 Å². The maximum absolute atomic E-state index is 12.4. The summed E-state index contributed by atoms with van der Waals surface area (Å²) in [6.07, 6.45) is 2.17. The molecule has 2 aromatic rings. The van der Waals surface area contributed by atoms with E-state index in [1.54, 1.807) is 0 Å². The van der Waals surface area contributed by atoms with Gasteiger partial charge in [-0.2, -0.15) is 0 Å². The second-order valence-electron chi connectivity index (χ2n) is 6.78. The van der Waals surface area contributed by atoms with Gasteiger partial charge in [0.2, 0.25) is 5.91 Å². The number of hydrogen-bond donors (Lipinski definition) is 2. The van der Waals surface area contributed by atoms with Crippen molar-refractivity contribution in [1.82, 2.24) is 15.6 Å². The fourth-order valence-electron chi connectivity index (χ4n) is 3.09. The third-order valence-corrected chi connectivity index (χ3v) is 4.64. The summed E-state index contributed by atoms with van der Waals surface area (Å²) < 4.78 is 5.53. The van der Waals surface area contributed by atoms with Crippen molar-refractivity contribution in [3.05, 3.63) is 53.2 Å². The predicted molar refractivity (Wildman–Crippen MR) is 103 cm³/mol. The van der Waals surface area contributed by atoms with E-state index in [4.69, 9.17) is 4.74 Å². The van der Waals surface area contributed by atoms with Gasteiger partial charge in [0.05, 0.1) is 23.1 Å². The summed E-state index contributed by atoms with van der Waals surface area (Å²) in [6, 6.07) is 11.5. The molecule has 3 rings (SSSR count). The number of pyridine rings is 1. The number of nitrogens with zero attached hydrogens (tertiary/aromatic N) is 1. The zero-order valence-corrected chi connectivity index (χ0v) is 15.7.